The number of benzene rings is 2. The highest BCUT2D eigenvalue weighted by Crippen LogP contribution is 2.37. The second-order valence-corrected chi connectivity index (χ2v) is 6.90. The number of ether oxygens (including phenoxy) is 3. The van der Waals surface area contributed by atoms with Crippen LogP contribution in [0.25, 0.3) is 0 Å². The van der Waals surface area contributed by atoms with Crippen LogP contribution < -0.4 is 19.6 Å². The molecular formula is C21H25ClN2O4. The maximum absolute atomic E-state index is 12.7. The van der Waals surface area contributed by atoms with Gasteiger partial charge in [0.15, 0.2) is 11.5 Å². The lowest BCUT2D eigenvalue weighted by molar-refractivity contribution is -0.123. The lowest BCUT2D eigenvalue weighted by atomic mass is 9.88. The molecule has 0 saturated carbocycles. The van der Waals surface area contributed by atoms with Gasteiger partial charge >= 0.3 is 0 Å². The van der Waals surface area contributed by atoms with Crippen molar-refractivity contribution in [3.05, 3.63) is 52.5 Å². The molecule has 2 rings (SSSR count). The third-order valence-electron chi connectivity index (χ3n) is 4.25. The summed E-state index contributed by atoms with van der Waals surface area (Å²) in [4.78, 5) is 12.7. The Morgan fingerprint density at radius 2 is 1.61 bits per heavy atom. The molecule has 7 heteroatoms. The van der Waals surface area contributed by atoms with Gasteiger partial charge < -0.3 is 14.2 Å². The highest BCUT2D eigenvalue weighted by atomic mass is 35.5. The van der Waals surface area contributed by atoms with Gasteiger partial charge in [-0.1, -0.05) is 37.6 Å². The van der Waals surface area contributed by atoms with Crippen molar-refractivity contribution in [3.8, 4) is 17.2 Å². The molecule has 2 aromatic carbocycles. The van der Waals surface area contributed by atoms with Gasteiger partial charge in [-0.2, -0.15) is 5.10 Å². The Balaban J connectivity index is 2.18. The summed E-state index contributed by atoms with van der Waals surface area (Å²) in [6.45, 7) is 3.98. The van der Waals surface area contributed by atoms with Crippen LogP contribution >= 0.6 is 11.6 Å². The number of amides is 1. The minimum absolute atomic E-state index is 0.0950. The summed E-state index contributed by atoms with van der Waals surface area (Å²) in [7, 11) is 4.62. The molecule has 0 spiro atoms. The van der Waals surface area contributed by atoms with E-state index in [2.05, 4.69) is 10.5 Å². The third-order valence-corrected chi connectivity index (χ3v) is 4.51. The van der Waals surface area contributed by atoms with E-state index in [-0.39, 0.29) is 17.7 Å². The van der Waals surface area contributed by atoms with Crippen molar-refractivity contribution in [2.45, 2.75) is 19.8 Å². The van der Waals surface area contributed by atoms with Gasteiger partial charge in [0.1, 0.15) is 0 Å². The van der Waals surface area contributed by atoms with Crippen LogP contribution in [-0.4, -0.2) is 33.5 Å². The molecule has 2 aromatic rings. The molecule has 6 nitrogen and oxygen atoms in total. The van der Waals surface area contributed by atoms with E-state index in [0.29, 0.717) is 27.8 Å². The van der Waals surface area contributed by atoms with E-state index in [0.717, 1.165) is 5.56 Å². The topological polar surface area (TPSA) is 69.2 Å². The lowest BCUT2D eigenvalue weighted by Crippen LogP contribution is -2.28. The Kier molecular flexibility index (Phi) is 7.70. The molecule has 1 amide bonds. The quantitative estimate of drug-likeness (QED) is 0.527. The molecule has 0 radical (unpaired) electrons. The summed E-state index contributed by atoms with van der Waals surface area (Å²) < 4.78 is 15.9. The second kappa shape index (κ2) is 9.99. The van der Waals surface area contributed by atoms with Crippen molar-refractivity contribution in [2.24, 2.45) is 11.0 Å². The number of nitrogens with zero attached hydrogens (tertiary/aromatic N) is 1. The van der Waals surface area contributed by atoms with E-state index in [1.54, 1.807) is 38.5 Å². The molecule has 150 valence electrons. The molecule has 0 aliphatic rings. The molecule has 28 heavy (non-hydrogen) atoms. The molecule has 0 bridgehead atoms. The summed E-state index contributed by atoms with van der Waals surface area (Å²) in [6.07, 6.45) is 1.53. The molecule has 0 aliphatic heterocycles. The smallest absolute Gasteiger partial charge is 0.247 e. The van der Waals surface area contributed by atoms with Crippen LogP contribution in [0.15, 0.2) is 41.5 Å². The highest BCUT2D eigenvalue weighted by Gasteiger charge is 2.24. The molecule has 0 fully saturated rings. The van der Waals surface area contributed by atoms with Gasteiger partial charge in [0.25, 0.3) is 0 Å². The first-order valence-corrected chi connectivity index (χ1v) is 9.17. The molecular weight excluding hydrogens is 380 g/mol. The summed E-state index contributed by atoms with van der Waals surface area (Å²) in [6, 6.07) is 10.8. The largest absolute Gasteiger partial charge is 0.493 e. The van der Waals surface area contributed by atoms with Gasteiger partial charge in [-0.25, -0.2) is 5.43 Å². The minimum atomic E-state index is -0.339. The predicted octanol–water partition coefficient (Wildman–Crippen LogP) is 4.26. The molecule has 1 atom stereocenters. The Morgan fingerprint density at radius 3 is 2.07 bits per heavy atom. The van der Waals surface area contributed by atoms with Crippen molar-refractivity contribution >= 4 is 23.7 Å². The zero-order valence-corrected chi connectivity index (χ0v) is 17.4. The molecule has 1 N–H and O–H groups in total. The second-order valence-electron chi connectivity index (χ2n) is 6.47. The van der Waals surface area contributed by atoms with Crippen LogP contribution in [0.1, 0.15) is 30.9 Å². The lowest BCUT2D eigenvalue weighted by Gasteiger charge is -2.19. The number of methoxy groups -OCH3 is 3. The van der Waals surface area contributed by atoms with Crippen LogP contribution in [0.5, 0.6) is 17.2 Å². The Morgan fingerprint density at radius 1 is 1.04 bits per heavy atom. The van der Waals surface area contributed by atoms with E-state index in [1.807, 2.05) is 26.0 Å². The average molecular weight is 405 g/mol. The Bertz CT molecular complexity index is 810. The predicted molar refractivity (Wildman–Crippen MR) is 111 cm³/mol. The number of hydrogen-bond donors (Lipinski definition) is 1. The monoisotopic (exact) mass is 404 g/mol. The Hall–Kier alpha value is -2.73. The molecule has 0 unspecified atom stereocenters. The van der Waals surface area contributed by atoms with Gasteiger partial charge in [-0.05, 0) is 35.7 Å². The van der Waals surface area contributed by atoms with E-state index in [9.17, 15) is 4.79 Å². The van der Waals surface area contributed by atoms with Crippen LogP contribution in [0, 0.1) is 5.92 Å². The van der Waals surface area contributed by atoms with Crippen molar-refractivity contribution in [3.63, 3.8) is 0 Å². The first-order chi connectivity index (χ1) is 13.4. The van der Waals surface area contributed by atoms with Crippen LogP contribution in [0.3, 0.4) is 0 Å². The first-order valence-electron chi connectivity index (χ1n) is 8.79. The van der Waals surface area contributed by atoms with Crippen molar-refractivity contribution in [1.29, 1.82) is 0 Å². The number of rotatable bonds is 8. The number of hydrazone groups is 1. The zero-order chi connectivity index (χ0) is 20.7. The summed E-state index contributed by atoms with van der Waals surface area (Å²) >= 11 is 5.94. The van der Waals surface area contributed by atoms with Crippen LogP contribution in [-0.2, 0) is 4.79 Å². The van der Waals surface area contributed by atoms with Gasteiger partial charge in [-0.15, -0.1) is 0 Å². The normalized spacial score (nSPS) is 12.1. The van der Waals surface area contributed by atoms with Crippen LogP contribution in [0.4, 0.5) is 0 Å². The summed E-state index contributed by atoms with van der Waals surface area (Å²) in [5, 5.41) is 4.72. The maximum atomic E-state index is 12.7. The number of halogens is 1. The molecule has 0 aromatic heterocycles. The van der Waals surface area contributed by atoms with Gasteiger partial charge in [0.05, 0.1) is 33.5 Å². The minimum Gasteiger partial charge on any atom is -0.493 e. The first kappa shape index (κ1) is 21.6. The van der Waals surface area contributed by atoms with Crippen molar-refractivity contribution in [1.82, 2.24) is 5.43 Å². The van der Waals surface area contributed by atoms with E-state index in [4.69, 9.17) is 25.8 Å². The number of hydrogen-bond acceptors (Lipinski definition) is 5. The van der Waals surface area contributed by atoms with E-state index >= 15 is 0 Å². The molecule has 0 aliphatic carbocycles. The zero-order valence-electron chi connectivity index (χ0n) is 16.7. The maximum Gasteiger partial charge on any atom is 0.247 e. The highest BCUT2D eigenvalue weighted by molar-refractivity contribution is 6.30. The average Bonchev–Trinajstić information content (AvgIpc) is 2.68. The summed E-state index contributed by atoms with van der Waals surface area (Å²) in [5.41, 5.74) is 4.20. The standard InChI is InChI=1S/C21H25ClN2O4/c1-13(2)19(15-6-8-16(22)9-7-15)21(25)24-23-12-14-10-17(26-3)20(28-5)18(11-14)27-4/h6-13,19H,1-5H3,(H,24,25)/b23-12-/t19-/m0/s1. The van der Waals surface area contributed by atoms with Crippen molar-refractivity contribution in [2.75, 3.05) is 21.3 Å². The number of carbonyl (C=O) groups is 1. The van der Waals surface area contributed by atoms with E-state index in [1.165, 1.54) is 13.3 Å². The third kappa shape index (κ3) is 5.16. The fourth-order valence-electron chi connectivity index (χ4n) is 2.93. The fourth-order valence-corrected chi connectivity index (χ4v) is 3.05. The van der Waals surface area contributed by atoms with Gasteiger partial charge in [0, 0.05) is 10.6 Å². The van der Waals surface area contributed by atoms with Gasteiger partial charge in [-0.3, -0.25) is 4.79 Å². The Labute approximate surface area is 170 Å². The van der Waals surface area contributed by atoms with Crippen molar-refractivity contribution < 1.29 is 19.0 Å². The van der Waals surface area contributed by atoms with E-state index < -0.39 is 0 Å². The number of carbonyl (C=O) groups excluding carboxylic acids is 1. The summed E-state index contributed by atoms with van der Waals surface area (Å²) in [5.74, 6) is 1.08. The molecule has 0 saturated heterocycles. The number of nitrogens with one attached hydrogen (secondary N) is 1. The molecule has 0 heterocycles. The fraction of sp³-hybridized carbons (Fsp3) is 0.333. The SMILES string of the molecule is COc1cc(/C=N\NC(=O)[C@H](c2ccc(Cl)cc2)C(C)C)cc(OC)c1OC. The van der Waals surface area contributed by atoms with Gasteiger partial charge in [0.2, 0.25) is 11.7 Å². The van der Waals surface area contributed by atoms with Crippen LogP contribution in [0.2, 0.25) is 5.02 Å².